The molecule has 0 radical (unpaired) electrons. The molecule has 1 N–H and O–H groups in total. The lowest BCUT2D eigenvalue weighted by atomic mass is 10.1. The Morgan fingerprint density at radius 3 is 2.54 bits per heavy atom. The van der Waals surface area contributed by atoms with Gasteiger partial charge in [-0.2, -0.15) is 0 Å². The number of hydrogen-bond donors (Lipinski definition) is 1. The van der Waals surface area contributed by atoms with Gasteiger partial charge in [-0.15, -0.1) is 0 Å². The van der Waals surface area contributed by atoms with E-state index in [1.54, 1.807) is 19.3 Å². The molecule has 5 heteroatoms. The molecule has 2 aromatic rings. The number of rotatable bonds is 7. The first-order chi connectivity index (χ1) is 12.5. The van der Waals surface area contributed by atoms with Crippen molar-refractivity contribution in [3.63, 3.8) is 0 Å². The van der Waals surface area contributed by atoms with Gasteiger partial charge in [-0.05, 0) is 54.8 Å². The Bertz CT molecular complexity index is 781. The summed E-state index contributed by atoms with van der Waals surface area (Å²) in [5.74, 6) is -0.267. The van der Waals surface area contributed by atoms with Crippen LogP contribution >= 0.6 is 0 Å². The van der Waals surface area contributed by atoms with Crippen LogP contribution in [0, 0.1) is 0 Å². The molecule has 1 unspecified atom stereocenters. The summed E-state index contributed by atoms with van der Waals surface area (Å²) in [7, 11) is 1.58. The van der Waals surface area contributed by atoms with E-state index in [-0.39, 0.29) is 5.91 Å². The summed E-state index contributed by atoms with van der Waals surface area (Å²) < 4.78 is 10.3. The highest BCUT2D eigenvalue weighted by molar-refractivity contribution is 5.96. The SMILES string of the molecule is CCc1ccc(NC(=O)C(C)OC(=O)/C=C/c2cccc(OC)c2)cc1. The fourth-order valence-electron chi connectivity index (χ4n) is 2.24. The standard InChI is InChI=1S/C21H23NO4/c1-4-16-8-11-18(12-9-16)22-21(24)15(2)26-20(23)13-10-17-6-5-7-19(14-17)25-3/h5-15H,4H2,1-3H3,(H,22,24)/b13-10+. The summed E-state index contributed by atoms with van der Waals surface area (Å²) in [5, 5.41) is 2.73. The van der Waals surface area contributed by atoms with E-state index in [0.717, 1.165) is 12.0 Å². The van der Waals surface area contributed by atoms with Crippen LogP contribution in [-0.2, 0) is 20.7 Å². The molecule has 5 nitrogen and oxygen atoms in total. The van der Waals surface area contributed by atoms with E-state index in [0.29, 0.717) is 11.4 Å². The molecule has 1 atom stereocenters. The molecule has 0 heterocycles. The first kappa shape index (κ1) is 19.2. The predicted molar refractivity (Wildman–Crippen MR) is 102 cm³/mol. The first-order valence-corrected chi connectivity index (χ1v) is 8.44. The van der Waals surface area contributed by atoms with E-state index in [4.69, 9.17) is 9.47 Å². The zero-order valence-corrected chi connectivity index (χ0v) is 15.2. The third-order valence-corrected chi connectivity index (χ3v) is 3.80. The van der Waals surface area contributed by atoms with E-state index < -0.39 is 12.1 Å². The van der Waals surface area contributed by atoms with E-state index >= 15 is 0 Å². The largest absolute Gasteiger partial charge is 0.497 e. The first-order valence-electron chi connectivity index (χ1n) is 8.44. The molecule has 26 heavy (non-hydrogen) atoms. The van der Waals surface area contributed by atoms with Gasteiger partial charge in [-0.3, -0.25) is 4.79 Å². The summed E-state index contributed by atoms with van der Waals surface area (Å²) in [5.41, 5.74) is 2.65. The molecular weight excluding hydrogens is 330 g/mol. The number of hydrogen-bond acceptors (Lipinski definition) is 4. The Morgan fingerprint density at radius 1 is 1.15 bits per heavy atom. The van der Waals surface area contributed by atoms with Gasteiger partial charge < -0.3 is 14.8 Å². The Kier molecular flexibility index (Phi) is 6.97. The van der Waals surface area contributed by atoms with Crippen LogP contribution in [-0.4, -0.2) is 25.1 Å². The molecule has 0 saturated carbocycles. The fourth-order valence-corrected chi connectivity index (χ4v) is 2.24. The van der Waals surface area contributed by atoms with Gasteiger partial charge in [-0.1, -0.05) is 31.2 Å². The minimum atomic E-state index is -0.900. The number of ether oxygens (including phenoxy) is 2. The van der Waals surface area contributed by atoms with Crippen LogP contribution < -0.4 is 10.1 Å². The molecule has 0 spiro atoms. The van der Waals surface area contributed by atoms with Crippen LogP contribution in [0.3, 0.4) is 0 Å². The van der Waals surface area contributed by atoms with Crippen molar-refractivity contribution in [3.8, 4) is 5.75 Å². The molecule has 1 amide bonds. The van der Waals surface area contributed by atoms with Crippen LogP contribution in [0.2, 0.25) is 0 Å². The molecule has 2 rings (SSSR count). The van der Waals surface area contributed by atoms with Crippen LogP contribution in [0.1, 0.15) is 25.0 Å². The van der Waals surface area contributed by atoms with Crippen molar-refractivity contribution in [1.82, 2.24) is 0 Å². The summed E-state index contributed by atoms with van der Waals surface area (Å²) in [6.07, 6.45) is 2.93. The second-order valence-electron chi connectivity index (χ2n) is 5.73. The highest BCUT2D eigenvalue weighted by atomic mass is 16.5. The maximum atomic E-state index is 12.1. The fraction of sp³-hybridized carbons (Fsp3) is 0.238. The molecule has 0 aliphatic rings. The van der Waals surface area contributed by atoms with Crippen molar-refractivity contribution < 1.29 is 19.1 Å². The monoisotopic (exact) mass is 353 g/mol. The number of esters is 1. The topological polar surface area (TPSA) is 64.6 Å². The van der Waals surface area contributed by atoms with Crippen LogP contribution in [0.15, 0.2) is 54.6 Å². The maximum absolute atomic E-state index is 12.1. The van der Waals surface area contributed by atoms with Crippen LogP contribution in [0.5, 0.6) is 5.75 Å². The molecule has 136 valence electrons. The molecule has 0 aliphatic carbocycles. The molecule has 0 saturated heterocycles. The number of amides is 1. The van der Waals surface area contributed by atoms with Crippen molar-refractivity contribution in [1.29, 1.82) is 0 Å². The zero-order chi connectivity index (χ0) is 18.9. The number of aryl methyl sites for hydroxylation is 1. The van der Waals surface area contributed by atoms with Crippen LogP contribution in [0.4, 0.5) is 5.69 Å². The number of methoxy groups -OCH3 is 1. The Hall–Kier alpha value is -3.08. The van der Waals surface area contributed by atoms with Gasteiger partial charge in [-0.25, -0.2) is 4.79 Å². The lowest BCUT2D eigenvalue weighted by molar-refractivity contribution is -0.148. The highest BCUT2D eigenvalue weighted by Crippen LogP contribution is 2.14. The van der Waals surface area contributed by atoms with Gasteiger partial charge in [0.2, 0.25) is 0 Å². The average molecular weight is 353 g/mol. The molecule has 0 aliphatic heterocycles. The third-order valence-electron chi connectivity index (χ3n) is 3.80. The minimum Gasteiger partial charge on any atom is -0.497 e. The maximum Gasteiger partial charge on any atom is 0.331 e. The van der Waals surface area contributed by atoms with Gasteiger partial charge in [0.25, 0.3) is 5.91 Å². The lowest BCUT2D eigenvalue weighted by Gasteiger charge is -2.12. The van der Waals surface area contributed by atoms with Crippen molar-refractivity contribution in [2.24, 2.45) is 0 Å². The van der Waals surface area contributed by atoms with Crippen LogP contribution in [0.25, 0.3) is 6.08 Å². The summed E-state index contributed by atoms with van der Waals surface area (Å²) >= 11 is 0. The lowest BCUT2D eigenvalue weighted by Crippen LogP contribution is -2.29. The van der Waals surface area contributed by atoms with Crippen molar-refractivity contribution >= 4 is 23.6 Å². The zero-order valence-electron chi connectivity index (χ0n) is 15.2. The second kappa shape index (κ2) is 9.42. The van der Waals surface area contributed by atoms with Gasteiger partial charge >= 0.3 is 5.97 Å². The average Bonchev–Trinajstić information content (AvgIpc) is 2.67. The summed E-state index contributed by atoms with van der Waals surface area (Å²) in [4.78, 5) is 24.0. The number of carbonyl (C=O) groups excluding carboxylic acids is 2. The number of nitrogens with one attached hydrogen (secondary N) is 1. The minimum absolute atomic E-state index is 0.377. The molecule has 0 fully saturated rings. The van der Waals surface area contributed by atoms with E-state index in [9.17, 15) is 9.59 Å². The Balaban J connectivity index is 1.88. The van der Waals surface area contributed by atoms with E-state index in [1.807, 2.05) is 42.5 Å². The van der Waals surface area contributed by atoms with Gasteiger partial charge in [0.15, 0.2) is 6.10 Å². The Morgan fingerprint density at radius 2 is 1.88 bits per heavy atom. The number of benzene rings is 2. The van der Waals surface area contributed by atoms with Gasteiger partial charge in [0, 0.05) is 11.8 Å². The van der Waals surface area contributed by atoms with Gasteiger partial charge in [0.05, 0.1) is 7.11 Å². The predicted octanol–water partition coefficient (Wildman–Crippen LogP) is 3.84. The summed E-state index contributed by atoms with van der Waals surface area (Å²) in [6, 6.07) is 14.8. The molecular formula is C21H23NO4. The van der Waals surface area contributed by atoms with Gasteiger partial charge in [0.1, 0.15) is 5.75 Å². The van der Waals surface area contributed by atoms with E-state index in [1.165, 1.54) is 18.6 Å². The van der Waals surface area contributed by atoms with E-state index in [2.05, 4.69) is 12.2 Å². The smallest absolute Gasteiger partial charge is 0.331 e. The van der Waals surface area contributed by atoms with Crippen molar-refractivity contribution in [2.75, 3.05) is 12.4 Å². The summed E-state index contributed by atoms with van der Waals surface area (Å²) in [6.45, 7) is 3.60. The Labute approximate surface area is 153 Å². The third kappa shape index (κ3) is 5.77. The number of carbonyl (C=O) groups is 2. The molecule has 2 aromatic carbocycles. The highest BCUT2D eigenvalue weighted by Gasteiger charge is 2.16. The van der Waals surface area contributed by atoms with Crippen molar-refractivity contribution in [2.45, 2.75) is 26.4 Å². The second-order valence-corrected chi connectivity index (χ2v) is 5.73. The van der Waals surface area contributed by atoms with Crippen molar-refractivity contribution in [3.05, 3.63) is 65.7 Å². The quantitative estimate of drug-likeness (QED) is 0.607. The normalized spacial score (nSPS) is 11.8. The number of anilines is 1. The molecule has 0 aromatic heterocycles. The molecule has 0 bridgehead atoms.